The van der Waals surface area contributed by atoms with Crippen molar-refractivity contribution in [1.29, 1.82) is 0 Å². The Labute approximate surface area is 116 Å². The number of alkyl halides is 1. The van der Waals surface area contributed by atoms with Crippen LogP contribution in [0.5, 0.6) is 0 Å². The molecule has 0 aliphatic carbocycles. The number of halogens is 1. The fraction of sp³-hybridized carbons (Fsp3) is 1.00. The van der Waals surface area contributed by atoms with E-state index in [-0.39, 0.29) is 0 Å². The molecule has 0 aromatic carbocycles. The van der Waals surface area contributed by atoms with Gasteiger partial charge in [0.2, 0.25) is 0 Å². The van der Waals surface area contributed by atoms with E-state index in [2.05, 4.69) is 36.4 Å². The summed E-state index contributed by atoms with van der Waals surface area (Å²) in [5.74, 6) is 0. The van der Waals surface area contributed by atoms with Crippen molar-refractivity contribution in [3.8, 4) is 0 Å². The zero-order valence-electron chi connectivity index (χ0n) is 11.2. The van der Waals surface area contributed by atoms with E-state index in [1.165, 1.54) is 75.5 Å². The lowest BCUT2D eigenvalue weighted by Gasteiger charge is -2.44. The predicted octanol–water partition coefficient (Wildman–Crippen LogP) is 4.74. The zero-order chi connectivity index (χ0) is 11.9. The molecule has 0 N–H and O–H groups in total. The van der Waals surface area contributed by atoms with Crippen molar-refractivity contribution in [1.82, 2.24) is 0 Å². The first-order chi connectivity index (χ1) is 7.71. The van der Waals surface area contributed by atoms with E-state index >= 15 is 0 Å². The molecule has 1 aliphatic rings. The van der Waals surface area contributed by atoms with Gasteiger partial charge in [-0.15, -0.1) is 0 Å². The van der Waals surface area contributed by atoms with E-state index in [1.54, 1.807) is 0 Å². The molecule has 2 heteroatoms. The average molecular weight is 338 g/mol. The van der Waals surface area contributed by atoms with E-state index in [0.29, 0.717) is 0 Å². The van der Waals surface area contributed by atoms with Crippen LogP contribution >= 0.6 is 22.6 Å². The van der Waals surface area contributed by atoms with Crippen LogP contribution in [0.3, 0.4) is 0 Å². The second-order valence-corrected chi connectivity index (χ2v) is 7.24. The SMILES string of the molecule is CCCCCCC[N+]1(C(C)I)CCCCC1. The van der Waals surface area contributed by atoms with Gasteiger partial charge < -0.3 is 4.48 Å². The molecule has 0 saturated carbocycles. The van der Waals surface area contributed by atoms with Crippen molar-refractivity contribution in [2.45, 2.75) is 69.3 Å². The Bertz CT molecular complexity index is 174. The van der Waals surface area contributed by atoms with Crippen LogP contribution in [0.4, 0.5) is 0 Å². The standard InChI is InChI=1S/C14H29IN/c1-3-4-5-6-8-11-16(14(2)15)12-9-7-10-13-16/h14H,3-13H2,1-2H3/q+1. The van der Waals surface area contributed by atoms with Crippen LogP contribution in [0.25, 0.3) is 0 Å². The van der Waals surface area contributed by atoms with Gasteiger partial charge in [0.25, 0.3) is 0 Å². The lowest BCUT2D eigenvalue weighted by Crippen LogP contribution is -2.55. The van der Waals surface area contributed by atoms with Crippen LogP contribution in [0.1, 0.15) is 65.2 Å². The smallest absolute Gasteiger partial charge is 0.136 e. The summed E-state index contributed by atoms with van der Waals surface area (Å²) in [5.41, 5.74) is 0. The molecule has 1 aliphatic heterocycles. The molecule has 16 heavy (non-hydrogen) atoms. The highest BCUT2D eigenvalue weighted by molar-refractivity contribution is 14.1. The summed E-state index contributed by atoms with van der Waals surface area (Å²) >= 11 is 2.66. The number of hydrogen-bond acceptors (Lipinski definition) is 0. The zero-order valence-corrected chi connectivity index (χ0v) is 13.3. The monoisotopic (exact) mass is 338 g/mol. The maximum Gasteiger partial charge on any atom is 0.136 e. The van der Waals surface area contributed by atoms with E-state index in [4.69, 9.17) is 0 Å². The molecule has 0 aromatic heterocycles. The molecule has 0 aromatic rings. The quantitative estimate of drug-likeness (QED) is 0.207. The van der Waals surface area contributed by atoms with Crippen LogP contribution < -0.4 is 0 Å². The highest BCUT2D eigenvalue weighted by Gasteiger charge is 2.33. The van der Waals surface area contributed by atoms with Crippen molar-refractivity contribution >= 4 is 22.6 Å². The molecule has 1 unspecified atom stereocenters. The Hall–Kier alpha value is 0.690. The van der Waals surface area contributed by atoms with Gasteiger partial charge in [0.05, 0.1) is 19.6 Å². The van der Waals surface area contributed by atoms with E-state index < -0.39 is 0 Å². The highest BCUT2D eigenvalue weighted by Crippen LogP contribution is 2.27. The van der Waals surface area contributed by atoms with Crippen LogP contribution in [0, 0.1) is 0 Å². The molecule has 1 rings (SSSR count). The van der Waals surface area contributed by atoms with Crippen molar-refractivity contribution in [3.05, 3.63) is 0 Å². The van der Waals surface area contributed by atoms with Gasteiger partial charge in [0.1, 0.15) is 4.05 Å². The van der Waals surface area contributed by atoms with Gasteiger partial charge in [-0.05, 0) is 61.6 Å². The third-order valence-electron chi connectivity index (χ3n) is 4.17. The van der Waals surface area contributed by atoms with Crippen LogP contribution in [0.2, 0.25) is 0 Å². The van der Waals surface area contributed by atoms with Crippen molar-refractivity contribution in [2.24, 2.45) is 0 Å². The van der Waals surface area contributed by atoms with Crippen LogP contribution in [-0.2, 0) is 0 Å². The molecular formula is C14H29IN+. The summed E-state index contributed by atoms with van der Waals surface area (Å²) < 4.78 is 2.22. The van der Waals surface area contributed by atoms with E-state index in [0.717, 1.165) is 4.05 Å². The second kappa shape index (κ2) is 7.91. The van der Waals surface area contributed by atoms with Crippen molar-refractivity contribution < 1.29 is 4.48 Å². The minimum absolute atomic E-state index is 0.809. The molecule has 1 atom stereocenters. The summed E-state index contributed by atoms with van der Waals surface area (Å²) in [6.45, 7) is 9.03. The molecule has 1 saturated heterocycles. The number of likely N-dealkylation sites (tertiary alicyclic amines) is 1. The van der Waals surface area contributed by atoms with Crippen molar-refractivity contribution in [3.63, 3.8) is 0 Å². The first-order valence-corrected chi connectivity index (χ1v) is 8.46. The van der Waals surface area contributed by atoms with Crippen molar-refractivity contribution in [2.75, 3.05) is 19.6 Å². The van der Waals surface area contributed by atoms with Gasteiger partial charge in [0, 0.05) is 0 Å². The Kier molecular flexibility index (Phi) is 7.29. The Balaban J connectivity index is 2.27. The number of hydrogen-bond donors (Lipinski definition) is 0. The molecule has 1 heterocycles. The maximum absolute atomic E-state index is 2.66. The predicted molar refractivity (Wildman–Crippen MR) is 81.0 cm³/mol. The fourth-order valence-electron chi connectivity index (χ4n) is 2.93. The second-order valence-electron chi connectivity index (χ2n) is 5.44. The first kappa shape index (κ1) is 14.7. The largest absolute Gasteiger partial charge is 0.313 e. The summed E-state index contributed by atoms with van der Waals surface area (Å²) in [7, 11) is 0. The molecule has 0 spiro atoms. The van der Waals surface area contributed by atoms with E-state index in [9.17, 15) is 0 Å². The van der Waals surface area contributed by atoms with Gasteiger partial charge in [-0.2, -0.15) is 0 Å². The maximum atomic E-state index is 2.66. The molecule has 1 fully saturated rings. The Morgan fingerprint density at radius 3 is 2.19 bits per heavy atom. The number of unbranched alkanes of at least 4 members (excludes halogenated alkanes) is 4. The molecule has 0 radical (unpaired) electrons. The van der Waals surface area contributed by atoms with Gasteiger partial charge in [-0.1, -0.05) is 26.2 Å². The summed E-state index contributed by atoms with van der Waals surface area (Å²) in [6.07, 6.45) is 11.5. The Morgan fingerprint density at radius 1 is 1.00 bits per heavy atom. The third kappa shape index (κ3) is 4.52. The first-order valence-electron chi connectivity index (χ1n) is 7.21. The normalized spacial score (nSPS) is 21.9. The molecule has 0 bridgehead atoms. The van der Waals surface area contributed by atoms with Gasteiger partial charge >= 0.3 is 0 Å². The summed E-state index contributed by atoms with van der Waals surface area (Å²) in [5, 5.41) is 0. The van der Waals surface area contributed by atoms with Gasteiger partial charge in [0.15, 0.2) is 0 Å². The average Bonchev–Trinajstić information content (AvgIpc) is 2.30. The lowest BCUT2D eigenvalue weighted by molar-refractivity contribution is -0.936. The topological polar surface area (TPSA) is 0 Å². The molecule has 0 amide bonds. The third-order valence-corrected chi connectivity index (χ3v) is 5.35. The van der Waals surface area contributed by atoms with Gasteiger partial charge in [-0.3, -0.25) is 0 Å². The molecular weight excluding hydrogens is 309 g/mol. The van der Waals surface area contributed by atoms with E-state index in [1.807, 2.05) is 0 Å². The number of nitrogens with zero attached hydrogens (tertiary/aromatic N) is 1. The lowest BCUT2D eigenvalue weighted by atomic mass is 10.1. The Morgan fingerprint density at radius 2 is 1.62 bits per heavy atom. The number of piperidine rings is 1. The van der Waals surface area contributed by atoms with Crippen LogP contribution in [-0.4, -0.2) is 28.2 Å². The number of quaternary nitrogens is 1. The molecule has 96 valence electrons. The summed E-state index contributed by atoms with van der Waals surface area (Å²) in [4.78, 5) is 0. The number of rotatable bonds is 7. The highest BCUT2D eigenvalue weighted by atomic mass is 127. The molecule has 1 nitrogen and oxygen atoms in total. The minimum atomic E-state index is 0.809. The van der Waals surface area contributed by atoms with Crippen LogP contribution in [0.15, 0.2) is 0 Å². The fourth-order valence-corrected chi connectivity index (χ4v) is 3.77. The minimum Gasteiger partial charge on any atom is -0.313 e. The summed E-state index contributed by atoms with van der Waals surface area (Å²) in [6, 6.07) is 0. The van der Waals surface area contributed by atoms with Gasteiger partial charge in [-0.25, -0.2) is 0 Å².